The maximum Gasteiger partial charge on any atom is 0.335 e. The first kappa shape index (κ1) is 27.4. The molecule has 4 aromatic carbocycles. The lowest BCUT2D eigenvalue weighted by molar-refractivity contribution is -0.122. The van der Waals surface area contributed by atoms with Crippen molar-refractivity contribution in [3.8, 4) is 11.5 Å². The molecule has 0 spiro atoms. The fourth-order valence-electron chi connectivity index (χ4n) is 4.53. The SMILES string of the molecule is CCOc1cc(/C=C2\C(=O)NC(=O)N(c3ccccc3Cl)C2=O)cc(Br)c1OCc1c(C)ccc2ccccc12. The second kappa shape index (κ2) is 11.5. The van der Waals surface area contributed by atoms with Crippen molar-refractivity contribution >= 4 is 67.9 Å². The van der Waals surface area contributed by atoms with Gasteiger partial charge in [0.2, 0.25) is 0 Å². The lowest BCUT2D eigenvalue weighted by atomic mass is 10.0. The number of amides is 4. The lowest BCUT2D eigenvalue weighted by Gasteiger charge is -2.27. The van der Waals surface area contributed by atoms with Crippen LogP contribution in [0.5, 0.6) is 11.5 Å². The van der Waals surface area contributed by atoms with Crippen molar-refractivity contribution in [1.82, 2.24) is 5.32 Å². The quantitative estimate of drug-likeness (QED) is 0.175. The number of benzene rings is 4. The number of ether oxygens (including phenoxy) is 2. The maximum absolute atomic E-state index is 13.3. The van der Waals surface area contributed by atoms with Gasteiger partial charge >= 0.3 is 6.03 Å². The van der Waals surface area contributed by atoms with Gasteiger partial charge in [-0.15, -0.1) is 0 Å². The molecule has 1 fully saturated rings. The van der Waals surface area contributed by atoms with Crippen LogP contribution in [0.2, 0.25) is 5.02 Å². The molecule has 1 aliphatic heterocycles. The summed E-state index contributed by atoms with van der Waals surface area (Å²) < 4.78 is 12.7. The van der Waals surface area contributed by atoms with Crippen LogP contribution < -0.4 is 19.7 Å². The van der Waals surface area contributed by atoms with Crippen LogP contribution in [0.3, 0.4) is 0 Å². The van der Waals surface area contributed by atoms with Gasteiger partial charge in [-0.3, -0.25) is 14.9 Å². The molecule has 1 heterocycles. The number of nitrogens with one attached hydrogen (secondary N) is 1. The molecule has 4 amide bonds. The molecule has 5 rings (SSSR count). The maximum atomic E-state index is 13.3. The minimum atomic E-state index is -0.871. The molecule has 1 aliphatic rings. The van der Waals surface area contributed by atoms with Gasteiger partial charge in [0, 0.05) is 5.56 Å². The smallest absolute Gasteiger partial charge is 0.335 e. The Bertz CT molecular complexity index is 1700. The van der Waals surface area contributed by atoms with Crippen molar-refractivity contribution in [3.63, 3.8) is 0 Å². The van der Waals surface area contributed by atoms with E-state index in [0.29, 0.717) is 34.7 Å². The molecular formula is C31H24BrClN2O5. The largest absolute Gasteiger partial charge is 0.490 e. The average molecular weight is 620 g/mol. The minimum absolute atomic E-state index is 0.175. The molecule has 40 heavy (non-hydrogen) atoms. The number of anilines is 1. The first-order chi connectivity index (χ1) is 19.3. The number of aryl methyl sites for hydroxylation is 1. The number of barbiturate groups is 1. The van der Waals surface area contributed by atoms with E-state index < -0.39 is 17.8 Å². The van der Waals surface area contributed by atoms with E-state index in [4.69, 9.17) is 21.1 Å². The van der Waals surface area contributed by atoms with Crippen LogP contribution in [0.1, 0.15) is 23.6 Å². The lowest BCUT2D eigenvalue weighted by Crippen LogP contribution is -2.54. The Morgan fingerprint density at radius 3 is 2.50 bits per heavy atom. The Morgan fingerprint density at radius 2 is 1.73 bits per heavy atom. The van der Waals surface area contributed by atoms with Crippen molar-refractivity contribution in [1.29, 1.82) is 0 Å². The zero-order chi connectivity index (χ0) is 28.4. The van der Waals surface area contributed by atoms with E-state index in [1.54, 1.807) is 30.3 Å². The average Bonchev–Trinajstić information content (AvgIpc) is 2.92. The Labute approximate surface area is 244 Å². The van der Waals surface area contributed by atoms with E-state index in [0.717, 1.165) is 26.8 Å². The van der Waals surface area contributed by atoms with Gasteiger partial charge in [0.25, 0.3) is 11.8 Å². The standard InChI is InChI=1S/C31H24BrClN2O5/c1-3-39-27-16-19(14-22-29(36)34-31(38)35(30(22)37)26-11-7-6-10-25(26)33)15-24(32)28(27)40-17-23-18(2)12-13-20-8-4-5-9-21(20)23/h4-16H,3,17H2,1-2H3,(H,34,36,38)/b22-14+. The molecule has 0 unspecified atom stereocenters. The van der Waals surface area contributed by atoms with Gasteiger partial charge in [-0.1, -0.05) is 60.1 Å². The highest BCUT2D eigenvalue weighted by atomic mass is 79.9. The first-order valence-corrected chi connectivity index (χ1v) is 13.7. The van der Waals surface area contributed by atoms with Crippen molar-refractivity contribution in [3.05, 3.63) is 105 Å². The van der Waals surface area contributed by atoms with Crippen molar-refractivity contribution < 1.29 is 23.9 Å². The van der Waals surface area contributed by atoms with Gasteiger partial charge in [0.1, 0.15) is 12.2 Å². The summed E-state index contributed by atoms with van der Waals surface area (Å²) >= 11 is 9.80. The second-order valence-electron chi connectivity index (χ2n) is 9.04. The summed E-state index contributed by atoms with van der Waals surface area (Å²) in [5.74, 6) is -0.672. The number of para-hydroxylation sites is 1. The summed E-state index contributed by atoms with van der Waals surface area (Å²) in [6.07, 6.45) is 1.40. The van der Waals surface area contributed by atoms with Crippen molar-refractivity contribution in [2.75, 3.05) is 11.5 Å². The van der Waals surface area contributed by atoms with Crippen LogP contribution >= 0.6 is 27.5 Å². The van der Waals surface area contributed by atoms with E-state index in [1.807, 2.05) is 26.0 Å². The highest BCUT2D eigenvalue weighted by Crippen LogP contribution is 2.39. The molecule has 1 saturated heterocycles. The minimum Gasteiger partial charge on any atom is -0.490 e. The number of carbonyl (C=O) groups is 3. The Morgan fingerprint density at radius 1 is 0.975 bits per heavy atom. The molecule has 4 aromatic rings. The number of urea groups is 1. The van der Waals surface area contributed by atoms with Gasteiger partial charge in [-0.05, 0) is 82.0 Å². The fourth-order valence-corrected chi connectivity index (χ4v) is 5.33. The third kappa shape index (κ3) is 5.33. The zero-order valence-electron chi connectivity index (χ0n) is 21.7. The zero-order valence-corrected chi connectivity index (χ0v) is 24.0. The Kier molecular flexibility index (Phi) is 7.91. The van der Waals surface area contributed by atoms with Crippen LogP contribution in [-0.4, -0.2) is 24.5 Å². The number of rotatable bonds is 7. The monoisotopic (exact) mass is 618 g/mol. The summed E-state index contributed by atoms with van der Waals surface area (Å²) in [6, 6.07) is 21.2. The van der Waals surface area contributed by atoms with E-state index in [-0.39, 0.29) is 16.3 Å². The molecule has 0 bridgehead atoms. The number of carbonyl (C=O) groups excluding carboxylic acids is 3. The fraction of sp³-hybridized carbons (Fsp3) is 0.129. The molecule has 202 valence electrons. The summed E-state index contributed by atoms with van der Waals surface area (Å²) in [7, 11) is 0. The van der Waals surface area contributed by atoms with Crippen LogP contribution in [-0.2, 0) is 16.2 Å². The summed E-state index contributed by atoms with van der Waals surface area (Å²) in [5, 5.41) is 4.64. The van der Waals surface area contributed by atoms with Gasteiger partial charge < -0.3 is 9.47 Å². The summed E-state index contributed by atoms with van der Waals surface area (Å²) in [5.41, 5.74) is 2.61. The topological polar surface area (TPSA) is 84.9 Å². The molecule has 0 radical (unpaired) electrons. The third-order valence-electron chi connectivity index (χ3n) is 6.47. The van der Waals surface area contributed by atoms with Gasteiger partial charge in [-0.2, -0.15) is 0 Å². The number of hydrogen-bond acceptors (Lipinski definition) is 5. The molecule has 1 N–H and O–H groups in total. The van der Waals surface area contributed by atoms with E-state index in [9.17, 15) is 14.4 Å². The van der Waals surface area contributed by atoms with Gasteiger partial charge in [-0.25, -0.2) is 9.69 Å². The van der Waals surface area contributed by atoms with E-state index in [2.05, 4.69) is 45.5 Å². The molecule has 9 heteroatoms. The van der Waals surface area contributed by atoms with Crippen molar-refractivity contribution in [2.24, 2.45) is 0 Å². The number of fused-ring (bicyclic) bond motifs is 1. The number of hydrogen-bond donors (Lipinski definition) is 1. The Balaban J connectivity index is 1.49. The first-order valence-electron chi connectivity index (χ1n) is 12.5. The van der Waals surface area contributed by atoms with Crippen molar-refractivity contribution in [2.45, 2.75) is 20.5 Å². The van der Waals surface area contributed by atoms with Gasteiger partial charge in [0.05, 0.1) is 21.8 Å². The molecule has 0 aromatic heterocycles. The molecule has 0 saturated carbocycles. The second-order valence-corrected chi connectivity index (χ2v) is 10.3. The van der Waals surface area contributed by atoms with Crippen LogP contribution in [0.15, 0.2) is 82.8 Å². The number of nitrogens with zero attached hydrogens (tertiary/aromatic N) is 1. The van der Waals surface area contributed by atoms with Gasteiger partial charge in [0.15, 0.2) is 11.5 Å². The highest BCUT2D eigenvalue weighted by Gasteiger charge is 2.37. The number of imide groups is 2. The van der Waals surface area contributed by atoms with E-state index in [1.165, 1.54) is 12.1 Å². The predicted molar refractivity (Wildman–Crippen MR) is 159 cm³/mol. The van der Waals surface area contributed by atoms with Crippen LogP contribution in [0, 0.1) is 6.92 Å². The molecule has 0 aliphatic carbocycles. The molecule has 0 atom stereocenters. The Hall–Kier alpha value is -4.14. The molecule has 7 nitrogen and oxygen atoms in total. The predicted octanol–water partition coefficient (Wildman–Crippen LogP) is 7.21. The van der Waals surface area contributed by atoms with E-state index >= 15 is 0 Å². The number of halogens is 2. The normalized spacial score (nSPS) is 14.6. The van der Waals surface area contributed by atoms with Crippen LogP contribution in [0.25, 0.3) is 16.8 Å². The molecular weight excluding hydrogens is 596 g/mol. The third-order valence-corrected chi connectivity index (χ3v) is 7.38. The van der Waals surface area contributed by atoms with Crippen LogP contribution in [0.4, 0.5) is 10.5 Å². The summed E-state index contributed by atoms with van der Waals surface area (Å²) in [6.45, 7) is 4.57. The highest BCUT2D eigenvalue weighted by molar-refractivity contribution is 9.10. The summed E-state index contributed by atoms with van der Waals surface area (Å²) in [4.78, 5) is 39.4.